The van der Waals surface area contributed by atoms with Crippen molar-refractivity contribution < 1.29 is 4.79 Å². The summed E-state index contributed by atoms with van der Waals surface area (Å²) < 4.78 is 0. The highest BCUT2D eigenvalue weighted by atomic mass is 16.1. The lowest BCUT2D eigenvalue weighted by atomic mass is 10.1. The molecule has 0 spiro atoms. The van der Waals surface area contributed by atoms with Crippen molar-refractivity contribution in [3.63, 3.8) is 0 Å². The molecule has 0 aromatic heterocycles. The smallest absolute Gasteiger partial charge is 0.155 e. The molecular formula is C11H14O. The molecule has 1 aliphatic rings. The van der Waals surface area contributed by atoms with Gasteiger partial charge >= 0.3 is 0 Å². The Kier molecular flexibility index (Phi) is 3.60. The maximum absolute atomic E-state index is 11.1. The number of rotatable bonds is 1. The largest absolute Gasteiger partial charge is 0.295 e. The van der Waals surface area contributed by atoms with Gasteiger partial charge in [0.15, 0.2) is 5.78 Å². The lowest BCUT2D eigenvalue weighted by Gasteiger charge is -1.96. The highest BCUT2D eigenvalue weighted by molar-refractivity contribution is 5.90. The van der Waals surface area contributed by atoms with E-state index in [0.29, 0.717) is 0 Å². The molecule has 1 rings (SSSR count). The summed E-state index contributed by atoms with van der Waals surface area (Å²) in [5, 5.41) is 0. The van der Waals surface area contributed by atoms with E-state index >= 15 is 0 Å². The fourth-order valence-electron chi connectivity index (χ4n) is 1.36. The Morgan fingerprint density at radius 2 is 2.17 bits per heavy atom. The van der Waals surface area contributed by atoms with Crippen molar-refractivity contribution in [2.75, 3.05) is 0 Å². The summed E-state index contributed by atoms with van der Waals surface area (Å²) in [7, 11) is 0. The summed E-state index contributed by atoms with van der Waals surface area (Å²) in [6.45, 7) is 1.83. The van der Waals surface area contributed by atoms with Crippen LogP contribution in [0.2, 0.25) is 0 Å². The molecule has 1 heteroatoms. The van der Waals surface area contributed by atoms with Gasteiger partial charge in [0.05, 0.1) is 0 Å². The zero-order chi connectivity index (χ0) is 8.81. The van der Waals surface area contributed by atoms with Crippen LogP contribution in [0.1, 0.15) is 39.0 Å². The van der Waals surface area contributed by atoms with E-state index in [4.69, 9.17) is 0 Å². The molecule has 0 aromatic carbocycles. The Labute approximate surface area is 73.9 Å². The molecule has 0 aliphatic heterocycles. The Morgan fingerprint density at radius 1 is 1.42 bits per heavy atom. The lowest BCUT2D eigenvalue weighted by molar-refractivity contribution is -0.114. The van der Waals surface area contributed by atoms with Gasteiger partial charge in [0.2, 0.25) is 0 Å². The van der Waals surface area contributed by atoms with E-state index in [0.717, 1.165) is 32.1 Å². The molecular weight excluding hydrogens is 148 g/mol. The second kappa shape index (κ2) is 4.77. The second-order valence-electron chi connectivity index (χ2n) is 3.08. The van der Waals surface area contributed by atoms with Crippen molar-refractivity contribution in [2.24, 2.45) is 0 Å². The molecule has 1 aliphatic carbocycles. The van der Waals surface area contributed by atoms with Crippen LogP contribution in [0.4, 0.5) is 0 Å². The van der Waals surface area contributed by atoms with Gasteiger partial charge < -0.3 is 0 Å². The normalized spacial score (nSPS) is 17.4. The summed E-state index contributed by atoms with van der Waals surface area (Å²) in [6, 6.07) is 0. The molecule has 1 nitrogen and oxygen atoms in total. The van der Waals surface area contributed by atoms with Gasteiger partial charge in [0.25, 0.3) is 0 Å². The molecule has 0 unspecified atom stereocenters. The Morgan fingerprint density at radius 3 is 2.92 bits per heavy atom. The van der Waals surface area contributed by atoms with E-state index in [9.17, 15) is 4.79 Å². The minimum absolute atomic E-state index is 0.278. The maximum atomic E-state index is 11.1. The van der Waals surface area contributed by atoms with Gasteiger partial charge in [-0.1, -0.05) is 11.5 Å². The predicted octanol–water partition coefficient (Wildman–Crippen LogP) is 2.47. The van der Waals surface area contributed by atoms with E-state index < -0.39 is 0 Å². The predicted molar refractivity (Wildman–Crippen MR) is 49.6 cm³/mol. The van der Waals surface area contributed by atoms with Gasteiger partial charge in [-0.05, 0) is 32.3 Å². The SMILES string of the molecule is CC#CCC1=CC(=O)CCCC1. The molecule has 0 bridgehead atoms. The third kappa shape index (κ3) is 2.92. The third-order valence-electron chi connectivity index (χ3n) is 2.03. The first-order valence-electron chi connectivity index (χ1n) is 4.45. The van der Waals surface area contributed by atoms with Gasteiger partial charge in [-0.3, -0.25) is 4.79 Å². The standard InChI is InChI=1S/C11H14O/c1-2-3-6-10-7-4-5-8-11(12)9-10/h9H,4-8H2,1H3. The highest BCUT2D eigenvalue weighted by Crippen LogP contribution is 2.17. The van der Waals surface area contributed by atoms with Crippen molar-refractivity contribution in [1.29, 1.82) is 0 Å². The summed E-state index contributed by atoms with van der Waals surface area (Å²) >= 11 is 0. The van der Waals surface area contributed by atoms with Crippen molar-refractivity contribution in [3.05, 3.63) is 11.6 Å². The topological polar surface area (TPSA) is 17.1 Å². The monoisotopic (exact) mass is 162 g/mol. The molecule has 0 saturated carbocycles. The average molecular weight is 162 g/mol. The van der Waals surface area contributed by atoms with Gasteiger partial charge in [-0.2, -0.15) is 0 Å². The minimum Gasteiger partial charge on any atom is -0.295 e. The zero-order valence-corrected chi connectivity index (χ0v) is 7.52. The maximum Gasteiger partial charge on any atom is 0.155 e. The lowest BCUT2D eigenvalue weighted by Crippen LogP contribution is -1.89. The van der Waals surface area contributed by atoms with Crippen LogP contribution in [0, 0.1) is 11.8 Å². The average Bonchev–Trinajstić information content (AvgIpc) is 2.26. The summed E-state index contributed by atoms with van der Waals surface area (Å²) in [4.78, 5) is 11.1. The van der Waals surface area contributed by atoms with Crippen molar-refractivity contribution >= 4 is 5.78 Å². The molecule has 0 fully saturated rings. The Balaban J connectivity index is 2.57. The first kappa shape index (κ1) is 9.06. The van der Waals surface area contributed by atoms with Crippen LogP contribution in [0.25, 0.3) is 0 Å². The van der Waals surface area contributed by atoms with Crippen LogP contribution < -0.4 is 0 Å². The molecule has 0 heterocycles. The van der Waals surface area contributed by atoms with Crippen molar-refractivity contribution in [3.8, 4) is 11.8 Å². The van der Waals surface area contributed by atoms with E-state index in [-0.39, 0.29) is 5.78 Å². The number of allylic oxidation sites excluding steroid dienone is 2. The summed E-state index contributed by atoms with van der Waals surface area (Å²) in [6.07, 6.45) is 6.53. The molecule has 0 atom stereocenters. The number of ketones is 1. The van der Waals surface area contributed by atoms with Crippen LogP contribution in [-0.4, -0.2) is 5.78 Å². The first-order chi connectivity index (χ1) is 5.83. The third-order valence-corrected chi connectivity index (χ3v) is 2.03. The summed E-state index contributed by atoms with van der Waals surface area (Å²) in [5.41, 5.74) is 1.21. The Bertz CT molecular complexity index is 250. The fraction of sp³-hybridized carbons (Fsp3) is 0.545. The van der Waals surface area contributed by atoms with Crippen LogP contribution in [0.5, 0.6) is 0 Å². The molecule has 64 valence electrons. The Hall–Kier alpha value is -1.03. The van der Waals surface area contributed by atoms with E-state index in [1.54, 1.807) is 6.08 Å². The molecule has 0 radical (unpaired) electrons. The summed E-state index contributed by atoms with van der Waals surface area (Å²) in [5.74, 6) is 6.12. The van der Waals surface area contributed by atoms with E-state index in [1.165, 1.54) is 5.57 Å². The fourth-order valence-corrected chi connectivity index (χ4v) is 1.36. The number of hydrogen-bond acceptors (Lipinski definition) is 1. The molecule has 0 saturated heterocycles. The highest BCUT2D eigenvalue weighted by Gasteiger charge is 2.06. The van der Waals surface area contributed by atoms with Crippen LogP contribution in [0.3, 0.4) is 0 Å². The van der Waals surface area contributed by atoms with E-state index in [2.05, 4.69) is 11.8 Å². The second-order valence-corrected chi connectivity index (χ2v) is 3.08. The van der Waals surface area contributed by atoms with Crippen molar-refractivity contribution in [1.82, 2.24) is 0 Å². The number of carbonyl (C=O) groups is 1. The van der Waals surface area contributed by atoms with Gasteiger partial charge in [0.1, 0.15) is 0 Å². The van der Waals surface area contributed by atoms with Crippen LogP contribution in [-0.2, 0) is 4.79 Å². The minimum atomic E-state index is 0.278. The van der Waals surface area contributed by atoms with Gasteiger partial charge in [0, 0.05) is 12.8 Å². The molecule has 0 N–H and O–H groups in total. The van der Waals surface area contributed by atoms with Crippen molar-refractivity contribution in [2.45, 2.75) is 39.0 Å². The quantitative estimate of drug-likeness (QED) is 0.541. The van der Waals surface area contributed by atoms with Gasteiger partial charge in [-0.25, -0.2) is 0 Å². The molecule has 0 aromatic rings. The van der Waals surface area contributed by atoms with Gasteiger partial charge in [-0.15, -0.1) is 5.92 Å². The number of hydrogen-bond donors (Lipinski definition) is 0. The molecule has 12 heavy (non-hydrogen) atoms. The zero-order valence-electron chi connectivity index (χ0n) is 7.52. The molecule has 0 amide bonds. The first-order valence-corrected chi connectivity index (χ1v) is 4.45. The van der Waals surface area contributed by atoms with E-state index in [1.807, 2.05) is 6.92 Å². The van der Waals surface area contributed by atoms with Crippen LogP contribution >= 0.6 is 0 Å². The number of carbonyl (C=O) groups excluding carboxylic acids is 1. The van der Waals surface area contributed by atoms with Crippen LogP contribution in [0.15, 0.2) is 11.6 Å².